The Morgan fingerprint density at radius 3 is 2.48 bits per heavy atom. The molecule has 2 aliphatic rings. The summed E-state index contributed by atoms with van der Waals surface area (Å²) in [6, 6.07) is 15.1. The number of benzene rings is 2. The molecule has 0 radical (unpaired) electrons. The van der Waals surface area contributed by atoms with Gasteiger partial charge in [0, 0.05) is 11.1 Å². The second-order valence-corrected chi connectivity index (χ2v) is 5.58. The number of aryl methyl sites for hydroxylation is 1. The number of carbonyl (C=O) groups excluding carboxylic acids is 2. The van der Waals surface area contributed by atoms with Crippen LogP contribution < -0.4 is 0 Å². The monoisotopic (exact) mass is 278 g/mol. The molecule has 21 heavy (non-hydrogen) atoms. The van der Waals surface area contributed by atoms with Crippen molar-refractivity contribution >= 4 is 11.8 Å². The van der Waals surface area contributed by atoms with Gasteiger partial charge in [-0.1, -0.05) is 42.5 Å². The third kappa shape index (κ3) is 1.81. The highest BCUT2D eigenvalue weighted by atomic mass is 16.5. The van der Waals surface area contributed by atoms with E-state index in [1.807, 2.05) is 42.5 Å². The van der Waals surface area contributed by atoms with Crippen molar-refractivity contribution in [2.45, 2.75) is 18.9 Å². The molecular formula is C18H14O3. The Morgan fingerprint density at radius 2 is 1.62 bits per heavy atom. The Bertz CT molecular complexity index is 748. The van der Waals surface area contributed by atoms with Crippen LogP contribution in [0.3, 0.4) is 0 Å². The highest BCUT2D eigenvalue weighted by Crippen LogP contribution is 2.41. The minimum absolute atomic E-state index is 0.0892. The van der Waals surface area contributed by atoms with Crippen LogP contribution >= 0.6 is 0 Å². The van der Waals surface area contributed by atoms with Crippen molar-refractivity contribution in [2.75, 3.05) is 0 Å². The minimum Gasteiger partial charge on any atom is -0.453 e. The summed E-state index contributed by atoms with van der Waals surface area (Å²) >= 11 is 0. The lowest BCUT2D eigenvalue weighted by Gasteiger charge is -2.27. The zero-order valence-electron chi connectivity index (χ0n) is 11.4. The van der Waals surface area contributed by atoms with E-state index in [1.165, 1.54) is 0 Å². The van der Waals surface area contributed by atoms with Gasteiger partial charge in [0.1, 0.15) is 6.10 Å². The molecule has 0 N–H and O–H groups in total. The molecule has 0 unspecified atom stereocenters. The van der Waals surface area contributed by atoms with E-state index < -0.39 is 6.10 Å². The molecule has 4 rings (SSSR count). The van der Waals surface area contributed by atoms with Gasteiger partial charge in [-0.15, -0.1) is 0 Å². The van der Waals surface area contributed by atoms with Gasteiger partial charge >= 0.3 is 5.97 Å². The van der Waals surface area contributed by atoms with Gasteiger partial charge in [0.2, 0.25) is 0 Å². The van der Waals surface area contributed by atoms with Gasteiger partial charge in [0.05, 0.1) is 11.5 Å². The number of ether oxygens (including phenoxy) is 1. The van der Waals surface area contributed by atoms with Gasteiger partial charge in [-0.2, -0.15) is 0 Å². The van der Waals surface area contributed by atoms with Crippen molar-refractivity contribution in [3.63, 3.8) is 0 Å². The number of cyclic esters (lactones) is 1. The van der Waals surface area contributed by atoms with Crippen molar-refractivity contribution in [1.29, 1.82) is 0 Å². The Balaban J connectivity index is 1.74. The first-order valence-corrected chi connectivity index (χ1v) is 7.18. The Labute approximate surface area is 122 Å². The van der Waals surface area contributed by atoms with Gasteiger partial charge in [0.25, 0.3) is 0 Å². The maximum atomic E-state index is 12.7. The van der Waals surface area contributed by atoms with Gasteiger partial charge in [-0.3, -0.25) is 4.79 Å². The number of esters is 1. The first-order chi connectivity index (χ1) is 10.3. The Kier molecular flexibility index (Phi) is 2.67. The second kappa shape index (κ2) is 4.55. The van der Waals surface area contributed by atoms with Crippen LogP contribution in [0.1, 0.15) is 44.4 Å². The normalized spacial score (nSPS) is 23.4. The van der Waals surface area contributed by atoms with E-state index in [9.17, 15) is 9.59 Å². The molecule has 3 heteroatoms. The molecule has 0 fully saturated rings. The molecule has 1 aliphatic heterocycles. The fourth-order valence-electron chi connectivity index (χ4n) is 3.38. The molecule has 2 atom stereocenters. The molecule has 0 bridgehead atoms. The lowest BCUT2D eigenvalue weighted by molar-refractivity contribution is 0.0222. The fraction of sp³-hybridized carbons (Fsp3) is 0.222. The Morgan fingerprint density at radius 1 is 0.905 bits per heavy atom. The molecule has 104 valence electrons. The number of hydrogen-bond acceptors (Lipinski definition) is 3. The topological polar surface area (TPSA) is 43.4 Å². The van der Waals surface area contributed by atoms with Crippen LogP contribution in [0.2, 0.25) is 0 Å². The summed E-state index contributed by atoms with van der Waals surface area (Å²) in [5.41, 5.74) is 3.31. The van der Waals surface area contributed by atoms with Crippen LogP contribution in [-0.2, 0) is 11.2 Å². The molecule has 0 aromatic heterocycles. The summed E-state index contributed by atoms with van der Waals surface area (Å²) in [5, 5.41) is 0. The average Bonchev–Trinajstić information content (AvgIpc) is 2.86. The highest BCUT2D eigenvalue weighted by molar-refractivity contribution is 6.02. The SMILES string of the molecule is O=C1O[C@H]([C@@H]2CCc3ccccc3C2=O)c2ccccc21. The lowest BCUT2D eigenvalue weighted by atomic mass is 9.78. The van der Waals surface area contributed by atoms with Crippen LogP contribution in [0.15, 0.2) is 48.5 Å². The summed E-state index contributed by atoms with van der Waals surface area (Å²) in [6.07, 6.45) is 1.14. The first-order valence-electron chi connectivity index (χ1n) is 7.18. The molecular weight excluding hydrogens is 264 g/mol. The molecule has 0 amide bonds. The minimum atomic E-state index is -0.436. The third-order valence-electron chi connectivity index (χ3n) is 4.43. The van der Waals surface area contributed by atoms with Crippen LogP contribution in [0, 0.1) is 5.92 Å². The Hall–Kier alpha value is -2.42. The number of hydrogen-bond donors (Lipinski definition) is 0. The van der Waals surface area contributed by atoms with Crippen LogP contribution in [0.4, 0.5) is 0 Å². The van der Waals surface area contributed by atoms with E-state index in [0.29, 0.717) is 5.56 Å². The summed E-state index contributed by atoms with van der Waals surface area (Å²) in [5.74, 6) is -0.499. The number of ketones is 1. The summed E-state index contributed by atoms with van der Waals surface area (Å²) in [4.78, 5) is 24.7. The van der Waals surface area contributed by atoms with Crippen molar-refractivity contribution < 1.29 is 14.3 Å². The zero-order valence-corrected chi connectivity index (χ0v) is 11.4. The van der Waals surface area contributed by atoms with Crippen LogP contribution in [0.5, 0.6) is 0 Å². The summed E-state index contributed by atoms with van der Waals surface area (Å²) in [6.45, 7) is 0. The fourth-order valence-corrected chi connectivity index (χ4v) is 3.38. The number of fused-ring (bicyclic) bond motifs is 2. The van der Waals surface area contributed by atoms with Gasteiger partial charge in [-0.05, 0) is 24.5 Å². The number of rotatable bonds is 1. The molecule has 2 aromatic rings. The van der Waals surface area contributed by atoms with Crippen molar-refractivity contribution in [1.82, 2.24) is 0 Å². The average molecular weight is 278 g/mol. The molecule has 2 aromatic carbocycles. The van der Waals surface area contributed by atoms with E-state index in [4.69, 9.17) is 4.74 Å². The first kappa shape index (κ1) is 12.3. The smallest absolute Gasteiger partial charge is 0.339 e. The molecule has 1 heterocycles. The van der Waals surface area contributed by atoms with Crippen molar-refractivity contribution in [3.05, 3.63) is 70.8 Å². The molecule has 0 saturated heterocycles. The van der Waals surface area contributed by atoms with E-state index >= 15 is 0 Å². The predicted octanol–water partition coefficient (Wildman–Crippen LogP) is 3.34. The predicted molar refractivity (Wildman–Crippen MR) is 77.2 cm³/mol. The van der Waals surface area contributed by atoms with Crippen LogP contribution in [-0.4, -0.2) is 11.8 Å². The summed E-state index contributed by atoms with van der Waals surface area (Å²) < 4.78 is 5.50. The molecule has 0 saturated carbocycles. The number of carbonyl (C=O) groups is 2. The van der Waals surface area contributed by atoms with E-state index in [2.05, 4.69) is 0 Å². The van der Waals surface area contributed by atoms with Crippen LogP contribution in [0.25, 0.3) is 0 Å². The quantitative estimate of drug-likeness (QED) is 0.751. The van der Waals surface area contributed by atoms with E-state index in [1.54, 1.807) is 6.07 Å². The summed E-state index contributed by atoms with van der Waals surface area (Å²) in [7, 11) is 0. The largest absolute Gasteiger partial charge is 0.453 e. The van der Waals surface area contributed by atoms with Gasteiger partial charge in [-0.25, -0.2) is 4.79 Å². The third-order valence-corrected chi connectivity index (χ3v) is 4.43. The van der Waals surface area contributed by atoms with Crippen molar-refractivity contribution in [3.8, 4) is 0 Å². The maximum absolute atomic E-state index is 12.7. The number of Topliss-reactive ketones (excluding diaryl/α,β-unsaturated/α-hetero) is 1. The molecule has 3 nitrogen and oxygen atoms in total. The molecule has 1 aliphatic carbocycles. The molecule has 0 spiro atoms. The lowest BCUT2D eigenvalue weighted by Crippen LogP contribution is -2.28. The zero-order chi connectivity index (χ0) is 14.4. The van der Waals surface area contributed by atoms with Gasteiger partial charge in [0.15, 0.2) is 5.78 Å². The van der Waals surface area contributed by atoms with E-state index in [-0.39, 0.29) is 17.7 Å². The van der Waals surface area contributed by atoms with E-state index in [0.717, 1.165) is 29.5 Å². The highest BCUT2D eigenvalue weighted by Gasteiger charge is 2.41. The van der Waals surface area contributed by atoms with Crippen molar-refractivity contribution in [2.24, 2.45) is 5.92 Å². The second-order valence-electron chi connectivity index (χ2n) is 5.58. The maximum Gasteiger partial charge on any atom is 0.339 e. The van der Waals surface area contributed by atoms with Gasteiger partial charge < -0.3 is 4.74 Å². The standard InChI is InChI=1S/C18H14O3/c19-16-12-6-2-1-5-11(12)9-10-15(16)17-13-7-3-4-8-14(13)18(20)21-17/h1-8,15,17H,9-10H2/t15-,17+/m1/s1.